The molecule has 2 heterocycles. The van der Waals surface area contributed by atoms with Gasteiger partial charge in [-0.05, 0) is 18.6 Å². The average Bonchev–Trinajstić information content (AvgIpc) is 2.37. The zero-order chi connectivity index (χ0) is 12.8. The third-order valence-electron chi connectivity index (χ3n) is 2.29. The van der Waals surface area contributed by atoms with Crippen LogP contribution in [0.2, 0.25) is 5.15 Å². The van der Waals surface area contributed by atoms with E-state index in [1.54, 1.807) is 12.3 Å². The molecule has 0 aliphatic rings. The van der Waals surface area contributed by atoms with Gasteiger partial charge in [0.05, 0.1) is 12.2 Å². The van der Waals surface area contributed by atoms with Gasteiger partial charge in [0.25, 0.3) is 0 Å². The molecule has 18 heavy (non-hydrogen) atoms. The van der Waals surface area contributed by atoms with Crippen LogP contribution in [0.5, 0.6) is 0 Å². The summed E-state index contributed by atoms with van der Waals surface area (Å²) in [6, 6.07) is 5.45. The van der Waals surface area contributed by atoms with Gasteiger partial charge >= 0.3 is 0 Å². The summed E-state index contributed by atoms with van der Waals surface area (Å²) < 4.78 is 0. The van der Waals surface area contributed by atoms with Gasteiger partial charge in [0.1, 0.15) is 16.8 Å². The molecule has 0 aliphatic heterocycles. The molecule has 5 nitrogen and oxygen atoms in total. The third kappa shape index (κ3) is 3.63. The standard InChI is InChI=1S/C12H14ClN5/c1-2-4-11-16-10(13)7-12(17-11)14-8-9-5-3-6-15-18-9/h3,5-7H,2,4,8H2,1H3,(H,14,16,17). The van der Waals surface area contributed by atoms with Crippen molar-refractivity contribution in [1.29, 1.82) is 0 Å². The Balaban J connectivity index is 2.05. The van der Waals surface area contributed by atoms with Crippen molar-refractivity contribution in [2.24, 2.45) is 0 Å². The largest absolute Gasteiger partial charge is 0.364 e. The van der Waals surface area contributed by atoms with E-state index in [4.69, 9.17) is 11.6 Å². The first-order valence-electron chi connectivity index (χ1n) is 5.82. The maximum absolute atomic E-state index is 5.95. The van der Waals surface area contributed by atoms with E-state index in [-0.39, 0.29) is 0 Å². The van der Waals surface area contributed by atoms with Gasteiger partial charge < -0.3 is 5.32 Å². The molecule has 0 unspecified atom stereocenters. The molecule has 0 amide bonds. The van der Waals surface area contributed by atoms with E-state index in [1.165, 1.54) is 0 Å². The maximum atomic E-state index is 5.95. The van der Waals surface area contributed by atoms with Crippen molar-refractivity contribution >= 4 is 17.4 Å². The predicted molar refractivity (Wildman–Crippen MR) is 70.4 cm³/mol. The topological polar surface area (TPSA) is 63.6 Å². The highest BCUT2D eigenvalue weighted by Gasteiger charge is 2.03. The Labute approximate surface area is 111 Å². The molecule has 0 aromatic carbocycles. The molecule has 94 valence electrons. The van der Waals surface area contributed by atoms with Crippen molar-refractivity contribution < 1.29 is 0 Å². The smallest absolute Gasteiger partial charge is 0.134 e. The fourth-order valence-corrected chi connectivity index (χ4v) is 1.70. The van der Waals surface area contributed by atoms with E-state index in [2.05, 4.69) is 32.4 Å². The first-order valence-corrected chi connectivity index (χ1v) is 6.19. The molecule has 2 aromatic rings. The Morgan fingerprint density at radius 2 is 2.22 bits per heavy atom. The van der Waals surface area contributed by atoms with Crippen LogP contribution < -0.4 is 5.32 Å². The Morgan fingerprint density at radius 3 is 2.94 bits per heavy atom. The van der Waals surface area contributed by atoms with E-state index in [0.29, 0.717) is 17.5 Å². The number of nitrogens with zero attached hydrogens (tertiary/aromatic N) is 4. The molecule has 0 bridgehead atoms. The summed E-state index contributed by atoms with van der Waals surface area (Å²) in [4.78, 5) is 8.55. The zero-order valence-electron chi connectivity index (χ0n) is 10.1. The van der Waals surface area contributed by atoms with Gasteiger partial charge in [0.15, 0.2) is 0 Å². The van der Waals surface area contributed by atoms with Crippen molar-refractivity contribution in [2.75, 3.05) is 5.32 Å². The van der Waals surface area contributed by atoms with Gasteiger partial charge in [-0.1, -0.05) is 18.5 Å². The zero-order valence-corrected chi connectivity index (χ0v) is 10.9. The molecule has 0 spiro atoms. The Kier molecular flexibility index (Phi) is 4.41. The summed E-state index contributed by atoms with van der Waals surface area (Å²) in [5.41, 5.74) is 0.851. The summed E-state index contributed by atoms with van der Waals surface area (Å²) in [5.74, 6) is 1.47. The minimum atomic E-state index is 0.454. The molecule has 1 N–H and O–H groups in total. The highest BCUT2D eigenvalue weighted by molar-refractivity contribution is 6.29. The first-order chi connectivity index (χ1) is 8.78. The Morgan fingerprint density at radius 1 is 1.33 bits per heavy atom. The second-order valence-corrected chi connectivity index (χ2v) is 4.20. The minimum absolute atomic E-state index is 0.454. The molecule has 6 heteroatoms. The fourth-order valence-electron chi connectivity index (χ4n) is 1.50. The lowest BCUT2D eigenvalue weighted by atomic mass is 10.3. The summed E-state index contributed by atoms with van der Waals surface area (Å²) in [6.07, 6.45) is 3.45. The number of aryl methyl sites for hydroxylation is 1. The number of hydrogen-bond acceptors (Lipinski definition) is 5. The molecule has 0 fully saturated rings. The van der Waals surface area contributed by atoms with Gasteiger partial charge in [-0.15, -0.1) is 0 Å². The van der Waals surface area contributed by atoms with Gasteiger partial charge in [0, 0.05) is 18.7 Å². The van der Waals surface area contributed by atoms with E-state index in [9.17, 15) is 0 Å². The monoisotopic (exact) mass is 263 g/mol. The van der Waals surface area contributed by atoms with E-state index < -0.39 is 0 Å². The fraction of sp³-hybridized carbons (Fsp3) is 0.333. The van der Waals surface area contributed by atoms with Gasteiger partial charge in [-0.3, -0.25) is 0 Å². The van der Waals surface area contributed by atoms with Crippen LogP contribution in [0, 0.1) is 0 Å². The molecule has 2 rings (SSSR count). The van der Waals surface area contributed by atoms with E-state index in [1.807, 2.05) is 12.1 Å². The summed E-state index contributed by atoms with van der Waals surface area (Å²) in [7, 11) is 0. The lowest BCUT2D eigenvalue weighted by Gasteiger charge is -2.06. The molecule has 0 radical (unpaired) electrons. The number of aromatic nitrogens is 4. The maximum Gasteiger partial charge on any atom is 0.134 e. The lowest BCUT2D eigenvalue weighted by Crippen LogP contribution is -2.06. The SMILES string of the molecule is CCCc1nc(Cl)cc(NCc2cccnn2)n1. The second kappa shape index (κ2) is 6.26. The molecule has 0 aliphatic carbocycles. The van der Waals surface area contributed by atoms with Crippen molar-refractivity contribution in [3.8, 4) is 0 Å². The van der Waals surface area contributed by atoms with Crippen molar-refractivity contribution in [3.63, 3.8) is 0 Å². The number of hydrogen-bond donors (Lipinski definition) is 1. The van der Waals surface area contributed by atoms with E-state index >= 15 is 0 Å². The van der Waals surface area contributed by atoms with Crippen molar-refractivity contribution in [3.05, 3.63) is 41.1 Å². The van der Waals surface area contributed by atoms with Crippen LogP contribution in [-0.4, -0.2) is 20.2 Å². The van der Waals surface area contributed by atoms with Gasteiger partial charge in [0.2, 0.25) is 0 Å². The van der Waals surface area contributed by atoms with Crippen LogP contribution in [-0.2, 0) is 13.0 Å². The van der Waals surface area contributed by atoms with Gasteiger partial charge in [-0.2, -0.15) is 10.2 Å². The third-order valence-corrected chi connectivity index (χ3v) is 2.49. The van der Waals surface area contributed by atoms with Crippen LogP contribution in [0.1, 0.15) is 24.9 Å². The molecule has 0 saturated heterocycles. The molecular weight excluding hydrogens is 250 g/mol. The van der Waals surface area contributed by atoms with Crippen molar-refractivity contribution in [1.82, 2.24) is 20.2 Å². The van der Waals surface area contributed by atoms with E-state index in [0.717, 1.165) is 24.4 Å². The summed E-state index contributed by atoms with van der Waals surface area (Å²) in [6.45, 7) is 2.64. The highest BCUT2D eigenvalue weighted by atomic mass is 35.5. The highest BCUT2D eigenvalue weighted by Crippen LogP contribution is 2.13. The Bertz CT molecular complexity index is 503. The number of anilines is 1. The van der Waals surface area contributed by atoms with Gasteiger partial charge in [-0.25, -0.2) is 9.97 Å². The number of rotatable bonds is 5. The van der Waals surface area contributed by atoms with Crippen molar-refractivity contribution in [2.45, 2.75) is 26.3 Å². The summed E-state index contributed by atoms with van der Waals surface area (Å²) >= 11 is 5.95. The van der Waals surface area contributed by atoms with Crippen LogP contribution in [0.4, 0.5) is 5.82 Å². The Hall–Kier alpha value is -1.75. The number of nitrogens with one attached hydrogen (secondary N) is 1. The second-order valence-electron chi connectivity index (χ2n) is 3.81. The van der Waals surface area contributed by atoms with Crippen LogP contribution in [0.25, 0.3) is 0 Å². The van der Waals surface area contributed by atoms with Crippen LogP contribution >= 0.6 is 11.6 Å². The predicted octanol–water partition coefficient (Wildman–Crippen LogP) is 2.48. The number of halogens is 1. The molecule has 0 saturated carbocycles. The first kappa shape index (κ1) is 12.7. The normalized spacial score (nSPS) is 10.3. The quantitative estimate of drug-likeness (QED) is 0.840. The summed E-state index contributed by atoms with van der Waals surface area (Å²) in [5, 5.41) is 11.4. The average molecular weight is 264 g/mol. The van der Waals surface area contributed by atoms with Crippen LogP contribution in [0.3, 0.4) is 0 Å². The molecule has 0 atom stereocenters. The van der Waals surface area contributed by atoms with Crippen LogP contribution in [0.15, 0.2) is 24.4 Å². The molecule has 2 aromatic heterocycles. The minimum Gasteiger partial charge on any atom is -0.364 e. The lowest BCUT2D eigenvalue weighted by molar-refractivity contribution is 0.831. The molecular formula is C12H14ClN5.